The Hall–Kier alpha value is -1.57. The highest BCUT2D eigenvalue weighted by molar-refractivity contribution is 5.93. The quantitative estimate of drug-likeness (QED) is 0.439. The maximum absolute atomic E-state index is 11.6. The molecular formula is C14H16O2. The third-order valence-corrected chi connectivity index (χ3v) is 3.03. The van der Waals surface area contributed by atoms with Crippen molar-refractivity contribution in [3.05, 3.63) is 42.0 Å². The van der Waals surface area contributed by atoms with Crippen LogP contribution in [0.1, 0.15) is 37.7 Å². The smallest absolute Gasteiger partial charge is 0.339 e. The van der Waals surface area contributed by atoms with Gasteiger partial charge in [0.05, 0.1) is 0 Å². The predicted octanol–water partition coefficient (Wildman–Crippen LogP) is 3.44. The van der Waals surface area contributed by atoms with Crippen LogP contribution in [0.4, 0.5) is 0 Å². The van der Waals surface area contributed by atoms with Crippen LogP contribution in [0.25, 0.3) is 0 Å². The molecule has 1 aliphatic heterocycles. The first-order chi connectivity index (χ1) is 7.74. The van der Waals surface area contributed by atoms with E-state index in [1.165, 1.54) is 0 Å². The van der Waals surface area contributed by atoms with E-state index in [4.69, 9.17) is 4.74 Å². The predicted molar refractivity (Wildman–Crippen MR) is 63.5 cm³/mol. The molecule has 0 amide bonds. The van der Waals surface area contributed by atoms with Gasteiger partial charge in [0.15, 0.2) is 0 Å². The third kappa shape index (κ3) is 1.87. The molecule has 0 spiro atoms. The summed E-state index contributed by atoms with van der Waals surface area (Å²) >= 11 is 0. The van der Waals surface area contributed by atoms with Crippen LogP contribution < -0.4 is 4.74 Å². The van der Waals surface area contributed by atoms with E-state index in [0.29, 0.717) is 11.3 Å². The van der Waals surface area contributed by atoms with Gasteiger partial charge >= 0.3 is 5.97 Å². The molecule has 1 atom stereocenters. The molecule has 1 aliphatic rings. The Labute approximate surface area is 95.9 Å². The zero-order chi connectivity index (χ0) is 11.5. The Morgan fingerprint density at radius 2 is 2.12 bits per heavy atom. The molecule has 0 saturated carbocycles. The molecule has 1 aromatic rings. The number of rotatable bonds is 3. The summed E-state index contributed by atoms with van der Waals surface area (Å²) in [5.74, 6) is 0.554. The summed E-state index contributed by atoms with van der Waals surface area (Å²) in [4.78, 5) is 11.6. The summed E-state index contributed by atoms with van der Waals surface area (Å²) in [5, 5.41) is 0. The molecule has 84 valence electrons. The minimum absolute atomic E-state index is 0.136. The Balaban J connectivity index is 2.34. The van der Waals surface area contributed by atoms with Gasteiger partial charge in [0.1, 0.15) is 5.75 Å². The number of unbranched alkanes of at least 4 members (excludes halogenated alkanes) is 1. The van der Waals surface area contributed by atoms with Crippen molar-refractivity contribution in [1.82, 2.24) is 0 Å². The van der Waals surface area contributed by atoms with Crippen LogP contribution in [0.15, 0.2) is 36.4 Å². The summed E-state index contributed by atoms with van der Waals surface area (Å²) in [6.07, 6.45) is 3.20. The van der Waals surface area contributed by atoms with E-state index in [2.05, 4.69) is 13.5 Å². The zero-order valence-corrected chi connectivity index (χ0v) is 9.53. The van der Waals surface area contributed by atoms with E-state index >= 15 is 0 Å². The second-order valence-electron chi connectivity index (χ2n) is 4.15. The van der Waals surface area contributed by atoms with E-state index < -0.39 is 0 Å². The van der Waals surface area contributed by atoms with Crippen molar-refractivity contribution in [2.75, 3.05) is 0 Å². The lowest BCUT2D eigenvalue weighted by molar-refractivity contribution is -0.131. The van der Waals surface area contributed by atoms with Crippen molar-refractivity contribution in [2.45, 2.75) is 32.1 Å². The number of benzene rings is 1. The highest BCUT2D eigenvalue weighted by atomic mass is 16.5. The van der Waals surface area contributed by atoms with Crippen molar-refractivity contribution in [1.29, 1.82) is 0 Å². The van der Waals surface area contributed by atoms with Gasteiger partial charge in [-0.15, -0.1) is 0 Å². The van der Waals surface area contributed by atoms with Gasteiger partial charge in [0, 0.05) is 17.1 Å². The molecule has 1 heterocycles. The fraction of sp³-hybridized carbons (Fsp3) is 0.357. The van der Waals surface area contributed by atoms with E-state index in [1.54, 1.807) is 0 Å². The van der Waals surface area contributed by atoms with E-state index in [9.17, 15) is 4.79 Å². The van der Waals surface area contributed by atoms with Crippen LogP contribution in [0.5, 0.6) is 5.75 Å². The van der Waals surface area contributed by atoms with Crippen LogP contribution in [0.3, 0.4) is 0 Å². The van der Waals surface area contributed by atoms with E-state index in [-0.39, 0.29) is 11.9 Å². The molecule has 2 nitrogen and oxygen atoms in total. The average molecular weight is 216 g/mol. The summed E-state index contributed by atoms with van der Waals surface area (Å²) < 4.78 is 5.22. The second kappa shape index (κ2) is 4.52. The van der Waals surface area contributed by atoms with Gasteiger partial charge in [-0.1, -0.05) is 44.5 Å². The van der Waals surface area contributed by atoms with Crippen LogP contribution in [0.2, 0.25) is 0 Å². The van der Waals surface area contributed by atoms with Crippen molar-refractivity contribution < 1.29 is 9.53 Å². The van der Waals surface area contributed by atoms with Crippen LogP contribution in [0, 0.1) is 0 Å². The van der Waals surface area contributed by atoms with Crippen molar-refractivity contribution >= 4 is 5.97 Å². The molecular weight excluding hydrogens is 200 g/mol. The van der Waals surface area contributed by atoms with Crippen LogP contribution >= 0.6 is 0 Å². The highest BCUT2D eigenvalue weighted by Gasteiger charge is 2.29. The molecule has 0 N–H and O–H groups in total. The number of carbonyl (C=O) groups excluding carboxylic acids is 1. The van der Waals surface area contributed by atoms with Gasteiger partial charge in [-0.3, -0.25) is 0 Å². The highest BCUT2D eigenvalue weighted by Crippen LogP contribution is 2.39. The molecule has 0 aliphatic carbocycles. The minimum atomic E-state index is -0.278. The average Bonchev–Trinajstić information content (AvgIpc) is 2.30. The van der Waals surface area contributed by atoms with Gasteiger partial charge < -0.3 is 4.74 Å². The number of carbonyl (C=O) groups is 1. The molecule has 0 fully saturated rings. The summed E-state index contributed by atoms with van der Waals surface area (Å²) in [7, 11) is 0. The molecule has 0 bridgehead atoms. The maximum atomic E-state index is 11.6. The first-order valence-electron chi connectivity index (χ1n) is 5.74. The Kier molecular flexibility index (Phi) is 3.09. The Morgan fingerprint density at radius 3 is 2.88 bits per heavy atom. The van der Waals surface area contributed by atoms with Crippen LogP contribution in [-0.2, 0) is 4.79 Å². The number of esters is 1. The molecule has 2 heteroatoms. The molecule has 16 heavy (non-hydrogen) atoms. The Morgan fingerprint density at radius 1 is 1.38 bits per heavy atom. The topological polar surface area (TPSA) is 26.3 Å². The van der Waals surface area contributed by atoms with Crippen molar-refractivity contribution in [2.24, 2.45) is 0 Å². The molecule has 0 saturated heterocycles. The Bertz CT molecular complexity index is 420. The standard InChI is InChI=1S/C14H16O2/c1-3-4-7-11-10(2)14(15)16-13-9-6-5-8-12(11)13/h5-6,8-9,11H,2-4,7H2,1H3. The van der Waals surface area contributed by atoms with Gasteiger partial charge in [-0.25, -0.2) is 4.79 Å². The number of hydrogen-bond donors (Lipinski definition) is 0. The van der Waals surface area contributed by atoms with Crippen LogP contribution in [-0.4, -0.2) is 5.97 Å². The lowest BCUT2D eigenvalue weighted by atomic mass is 9.85. The van der Waals surface area contributed by atoms with Gasteiger partial charge in [-0.05, 0) is 12.5 Å². The normalized spacial score (nSPS) is 19.2. The molecule has 2 rings (SSSR count). The van der Waals surface area contributed by atoms with Gasteiger partial charge in [0.2, 0.25) is 0 Å². The number of hydrogen-bond acceptors (Lipinski definition) is 2. The number of fused-ring (bicyclic) bond motifs is 1. The van der Waals surface area contributed by atoms with Crippen molar-refractivity contribution in [3.8, 4) is 5.75 Å². The van der Waals surface area contributed by atoms with Gasteiger partial charge in [-0.2, -0.15) is 0 Å². The molecule has 1 aromatic carbocycles. The summed E-state index contributed by atoms with van der Waals surface area (Å²) in [6.45, 7) is 6.00. The second-order valence-corrected chi connectivity index (χ2v) is 4.15. The third-order valence-electron chi connectivity index (χ3n) is 3.03. The molecule has 0 aromatic heterocycles. The van der Waals surface area contributed by atoms with Crippen molar-refractivity contribution in [3.63, 3.8) is 0 Å². The first-order valence-corrected chi connectivity index (χ1v) is 5.74. The minimum Gasteiger partial charge on any atom is -0.423 e. The monoisotopic (exact) mass is 216 g/mol. The first kappa shape index (κ1) is 10.9. The van der Waals surface area contributed by atoms with E-state index in [0.717, 1.165) is 24.8 Å². The SMILES string of the molecule is C=C1C(=O)Oc2ccccc2C1CCCC. The fourth-order valence-electron chi connectivity index (χ4n) is 2.09. The molecule has 0 radical (unpaired) electrons. The largest absolute Gasteiger partial charge is 0.423 e. The summed E-state index contributed by atoms with van der Waals surface area (Å²) in [6, 6.07) is 7.73. The zero-order valence-electron chi connectivity index (χ0n) is 9.53. The maximum Gasteiger partial charge on any atom is 0.339 e. The van der Waals surface area contributed by atoms with E-state index in [1.807, 2.05) is 24.3 Å². The lowest BCUT2D eigenvalue weighted by Crippen LogP contribution is -2.23. The molecule has 1 unspecified atom stereocenters. The number of ether oxygens (including phenoxy) is 1. The fourth-order valence-corrected chi connectivity index (χ4v) is 2.09. The summed E-state index contributed by atoms with van der Waals surface area (Å²) in [5.41, 5.74) is 1.69. The lowest BCUT2D eigenvalue weighted by Gasteiger charge is -2.26. The number of para-hydroxylation sites is 1. The van der Waals surface area contributed by atoms with Gasteiger partial charge in [0.25, 0.3) is 0 Å².